The van der Waals surface area contributed by atoms with Gasteiger partial charge in [0, 0.05) is 0 Å². The van der Waals surface area contributed by atoms with Crippen LogP contribution in [0.3, 0.4) is 0 Å². The molecule has 0 amide bonds. The lowest BCUT2D eigenvalue weighted by atomic mass is 9.50. The van der Waals surface area contributed by atoms with Crippen LogP contribution < -0.4 is 0 Å². The second kappa shape index (κ2) is 4.55. The maximum absolute atomic E-state index is 9.81. The number of benzene rings is 1. The Morgan fingerprint density at radius 3 is 2.52 bits per heavy atom. The lowest BCUT2D eigenvalue weighted by Crippen LogP contribution is -2.46. The van der Waals surface area contributed by atoms with Crippen LogP contribution in [-0.4, -0.2) is 5.11 Å². The van der Waals surface area contributed by atoms with Crippen LogP contribution in [0.25, 0.3) is 0 Å². The number of aryl methyl sites for hydroxylation is 1. The van der Waals surface area contributed by atoms with E-state index in [9.17, 15) is 5.11 Å². The van der Waals surface area contributed by atoms with Crippen LogP contribution in [-0.2, 0) is 6.42 Å². The van der Waals surface area contributed by atoms with E-state index >= 15 is 0 Å². The normalized spacial score (nSPS) is 45.2. The Hall–Kier alpha value is -0.980. The lowest BCUT2D eigenvalue weighted by molar-refractivity contribution is -0.0294. The van der Waals surface area contributed by atoms with E-state index in [-0.39, 0.29) is 0 Å². The number of phenols is 1. The van der Waals surface area contributed by atoms with Crippen LogP contribution in [0, 0.1) is 28.6 Å². The van der Waals surface area contributed by atoms with Gasteiger partial charge in [0.1, 0.15) is 5.75 Å². The topological polar surface area (TPSA) is 20.2 Å². The van der Waals surface area contributed by atoms with Crippen molar-refractivity contribution in [2.75, 3.05) is 0 Å². The molecule has 1 aromatic carbocycles. The number of hydrogen-bond donors (Lipinski definition) is 1. The molecular formula is C22H30O. The number of hydrogen-bond acceptors (Lipinski definition) is 1. The van der Waals surface area contributed by atoms with Crippen molar-refractivity contribution >= 4 is 0 Å². The SMILES string of the molecule is C[C@]12CC[C@@H]3c4ccc(O)cc4CC[C@H]3[C@@H]1CC[C@]2(C)C1CC1. The number of aromatic hydroxyl groups is 1. The molecule has 0 saturated heterocycles. The molecule has 1 N–H and O–H groups in total. The minimum absolute atomic E-state index is 0.449. The monoisotopic (exact) mass is 310 g/mol. The van der Waals surface area contributed by atoms with Crippen LogP contribution in [0.2, 0.25) is 0 Å². The first kappa shape index (κ1) is 14.4. The number of fused-ring (bicyclic) bond motifs is 5. The molecule has 1 nitrogen and oxygen atoms in total. The van der Waals surface area contributed by atoms with Gasteiger partial charge in [0.15, 0.2) is 0 Å². The fourth-order valence-corrected chi connectivity index (χ4v) is 7.26. The van der Waals surface area contributed by atoms with Crippen molar-refractivity contribution in [2.45, 2.75) is 71.1 Å². The highest BCUT2D eigenvalue weighted by Gasteiger charge is 2.63. The summed E-state index contributed by atoms with van der Waals surface area (Å²) in [5.74, 6) is 4.08. The van der Waals surface area contributed by atoms with Crippen LogP contribution in [0.15, 0.2) is 18.2 Å². The van der Waals surface area contributed by atoms with Crippen molar-refractivity contribution < 1.29 is 5.11 Å². The van der Waals surface area contributed by atoms with Crippen LogP contribution in [0.5, 0.6) is 5.75 Å². The van der Waals surface area contributed by atoms with Gasteiger partial charge in [-0.1, -0.05) is 19.9 Å². The van der Waals surface area contributed by atoms with Crippen molar-refractivity contribution in [1.82, 2.24) is 0 Å². The van der Waals surface area contributed by atoms with E-state index in [0.29, 0.717) is 16.6 Å². The minimum atomic E-state index is 0.449. The Kier molecular flexibility index (Phi) is 2.84. The van der Waals surface area contributed by atoms with Gasteiger partial charge in [-0.2, -0.15) is 0 Å². The molecule has 5 atom stereocenters. The predicted octanol–water partition coefficient (Wildman–Crippen LogP) is 5.66. The van der Waals surface area contributed by atoms with Crippen molar-refractivity contribution in [3.8, 4) is 5.75 Å². The summed E-state index contributed by atoms with van der Waals surface area (Å²) in [6.45, 7) is 5.30. The van der Waals surface area contributed by atoms with Gasteiger partial charge in [-0.15, -0.1) is 0 Å². The molecular weight excluding hydrogens is 280 g/mol. The smallest absolute Gasteiger partial charge is 0.115 e. The molecule has 0 unspecified atom stereocenters. The molecule has 4 aliphatic carbocycles. The highest BCUT2D eigenvalue weighted by molar-refractivity contribution is 5.40. The molecule has 5 rings (SSSR count). The highest BCUT2D eigenvalue weighted by Crippen LogP contribution is 2.72. The number of phenolic OH excluding ortho intramolecular Hbond substituents is 1. The van der Waals surface area contributed by atoms with Gasteiger partial charge in [0.25, 0.3) is 0 Å². The van der Waals surface area contributed by atoms with Gasteiger partial charge in [0.2, 0.25) is 0 Å². The maximum atomic E-state index is 9.81. The van der Waals surface area contributed by atoms with Crippen LogP contribution >= 0.6 is 0 Å². The quantitative estimate of drug-likeness (QED) is 0.709. The molecule has 1 aromatic rings. The van der Waals surface area contributed by atoms with Gasteiger partial charge < -0.3 is 5.11 Å². The van der Waals surface area contributed by atoms with Gasteiger partial charge in [-0.3, -0.25) is 0 Å². The largest absolute Gasteiger partial charge is 0.508 e. The van der Waals surface area contributed by atoms with E-state index in [4.69, 9.17) is 0 Å². The summed E-state index contributed by atoms with van der Waals surface area (Å²) in [6, 6.07) is 6.18. The van der Waals surface area contributed by atoms with Crippen LogP contribution in [0.4, 0.5) is 0 Å². The Morgan fingerprint density at radius 2 is 1.74 bits per heavy atom. The zero-order valence-electron chi connectivity index (χ0n) is 14.6. The molecule has 4 aliphatic rings. The van der Waals surface area contributed by atoms with Gasteiger partial charge in [-0.25, -0.2) is 0 Å². The summed E-state index contributed by atoms with van der Waals surface area (Å²) in [5, 5.41) is 9.81. The Labute approximate surface area is 140 Å². The number of rotatable bonds is 1. The first-order valence-corrected chi connectivity index (χ1v) is 9.85. The molecule has 124 valence electrons. The summed E-state index contributed by atoms with van der Waals surface area (Å²) in [7, 11) is 0. The second-order valence-electron chi connectivity index (χ2n) is 9.49. The molecule has 0 radical (unpaired) electrons. The molecule has 0 bridgehead atoms. The maximum Gasteiger partial charge on any atom is 0.115 e. The van der Waals surface area contributed by atoms with Crippen LogP contribution in [0.1, 0.15) is 75.8 Å². The van der Waals surface area contributed by atoms with Gasteiger partial charge in [-0.05, 0) is 109 Å². The van der Waals surface area contributed by atoms with Crippen molar-refractivity contribution in [2.24, 2.45) is 28.6 Å². The first-order chi connectivity index (χ1) is 11.0. The Balaban J connectivity index is 1.51. The van der Waals surface area contributed by atoms with E-state index in [0.717, 1.165) is 23.7 Å². The summed E-state index contributed by atoms with van der Waals surface area (Å²) < 4.78 is 0. The Morgan fingerprint density at radius 1 is 0.957 bits per heavy atom. The van der Waals surface area contributed by atoms with E-state index in [1.807, 2.05) is 12.1 Å². The highest BCUT2D eigenvalue weighted by atomic mass is 16.3. The third kappa shape index (κ3) is 1.80. The summed E-state index contributed by atoms with van der Waals surface area (Å²) in [4.78, 5) is 0. The summed E-state index contributed by atoms with van der Waals surface area (Å²) in [5.41, 5.74) is 4.21. The average Bonchev–Trinajstić information content (AvgIpc) is 3.34. The molecule has 3 fully saturated rings. The summed E-state index contributed by atoms with van der Waals surface area (Å²) in [6.07, 6.45) is 11.3. The van der Waals surface area contributed by atoms with Gasteiger partial charge >= 0.3 is 0 Å². The molecule has 0 aliphatic heterocycles. The summed E-state index contributed by atoms with van der Waals surface area (Å²) >= 11 is 0. The fourth-order valence-electron chi connectivity index (χ4n) is 7.26. The standard InChI is InChI=1S/C22H30O/c1-21(15-4-5-15)12-10-20-19-7-3-14-13-16(23)6-8-17(14)18(19)9-11-22(20,21)2/h6,8,13,15,18-20,23H,3-5,7,9-12H2,1-2H3/t18-,19-,20+,21-,22+/m1/s1. The van der Waals surface area contributed by atoms with Gasteiger partial charge in [0.05, 0.1) is 0 Å². The molecule has 1 heteroatoms. The molecule has 3 saturated carbocycles. The third-order valence-electron chi connectivity index (χ3n) is 8.86. The van der Waals surface area contributed by atoms with Crippen molar-refractivity contribution in [1.29, 1.82) is 0 Å². The molecule has 0 spiro atoms. The first-order valence-electron chi connectivity index (χ1n) is 9.85. The average molecular weight is 310 g/mol. The second-order valence-corrected chi connectivity index (χ2v) is 9.49. The van der Waals surface area contributed by atoms with E-state index in [1.54, 1.807) is 5.56 Å². The Bertz CT molecular complexity index is 645. The third-order valence-corrected chi connectivity index (χ3v) is 8.86. The minimum Gasteiger partial charge on any atom is -0.508 e. The van der Waals surface area contributed by atoms with E-state index < -0.39 is 0 Å². The van der Waals surface area contributed by atoms with E-state index in [1.165, 1.54) is 56.9 Å². The zero-order valence-corrected chi connectivity index (χ0v) is 14.6. The lowest BCUT2D eigenvalue weighted by Gasteiger charge is -2.54. The fraction of sp³-hybridized carbons (Fsp3) is 0.727. The molecule has 0 heterocycles. The zero-order chi connectivity index (χ0) is 15.8. The van der Waals surface area contributed by atoms with E-state index in [2.05, 4.69) is 19.9 Å². The predicted molar refractivity (Wildman–Crippen MR) is 93.6 cm³/mol. The molecule has 0 aromatic heterocycles. The van der Waals surface area contributed by atoms with Crippen molar-refractivity contribution in [3.05, 3.63) is 29.3 Å². The van der Waals surface area contributed by atoms with Crippen molar-refractivity contribution in [3.63, 3.8) is 0 Å². The molecule has 23 heavy (non-hydrogen) atoms.